The topological polar surface area (TPSA) is 41.6 Å². The van der Waals surface area contributed by atoms with Crippen molar-refractivity contribution in [3.8, 4) is 0 Å². The zero-order valence-corrected chi connectivity index (χ0v) is 14.7. The monoisotopic (exact) mass is 342 g/mol. The molecule has 2 aliphatic rings. The Kier molecular flexibility index (Phi) is 4.29. The van der Waals surface area contributed by atoms with E-state index in [-0.39, 0.29) is 5.91 Å². The predicted molar refractivity (Wildman–Crippen MR) is 98.4 cm³/mol. The van der Waals surface area contributed by atoms with Gasteiger partial charge in [-0.2, -0.15) is 0 Å². The van der Waals surface area contributed by atoms with Gasteiger partial charge in [-0.25, -0.2) is 0 Å². The molecule has 1 fully saturated rings. The first-order valence-corrected chi connectivity index (χ1v) is 9.40. The molecule has 0 saturated carbocycles. The van der Waals surface area contributed by atoms with E-state index in [1.165, 1.54) is 22.5 Å². The number of benzene rings is 1. The number of morpholine rings is 1. The van der Waals surface area contributed by atoms with Gasteiger partial charge in [0.25, 0.3) is 5.91 Å². The number of ether oxygens (including phenoxy) is 1. The van der Waals surface area contributed by atoms with Crippen molar-refractivity contribution in [2.45, 2.75) is 32.2 Å². The number of carbonyl (C=O) groups is 1. The lowest BCUT2D eigenvalue weighted by Gasteiger charge is -2.35. The molecule has 4 nitrogen and oxygen atoms in total. The Balaban J connectivity index is 1.43. The number of nitrogens with one attached hydrogen (secondary N) is 1. The number of rotatable bonds is 3. The summed E-state index contributed by atoms with van der Waals surface area (Å²) in [6.45, 7) is 4.62. The van der Waals surface area contributed by atoms with Gasteiger partial charge in [-0.05, 0) is 62.1 Å². The summed E-state index contributed by atoms with van der Waals surface area (Å²) in [7, 11) is 0. The molecule has 0 spiro atoms. The Hall–Kier alpha value is -1.85. The lowest BCUT2D eigenvalue weighted by Crippen LogP contribution is -2.43. The van der Waals surface area contributed by atoms with Crippen molar-refractivity contribution >= 4 is 28.6 Å². The SMILES string of the molecule is CC1COCCN1c1ccc(NC(=O)c2cc3c(s2)CCC3)cc1. The van der Waals surface area contributed by atoms with Gasteiger partial charge in [-0.3, -0.25) is 4.79 Å². The maximum Gasteiger partial charge on any atom is 0.265 e. The molecule has 1 N–H and O–H groups in total. The van der Waals surface area contributed by atoms with Gasteiger partial charge in [0.05, 0.1) is 18.1 Å². The van der Waals surface area contributed by atoms with Crippen LogP contribution >= 0.6 is 11.3 Å². The van der Waals surface area contributed by atoms with Crippen molar-refractivity contribution in [3.63, 3.8) is 0 Å². The number of fused-ring (bicyclic) bond motifs is 1. The van der Waals surface area contributed by atoms with Crippen LogP contribution in [-0.2, 0) is 17.6 Å². The molecule has 2 aromatic rings. The van der Waals surface area contributed by atoms with Crippen LogP contribution in [0.25, 0.3) is 0 Å². The highest BCUT2D eigenvalue weighted by atomic mass is 32.1. The molecule has 1 saturated heterocycles. The van der Waals surface area contributed by atoms with Crippen LogP contribution in [0.2, 0.25) is 0 Å². The largest absolute Gasteiger partial charge is 0.377 e. The second kappa shape index (κ2) is 6.57. The molecular formula is C19H22N2O2S. The number of carbonyl (C=O) groups excluding carboxylic acids is 1. The fourth-order valence-corrected chi connectivity index (χ4v) is 4.63. The molecule has 4 rings (SSSR count). The molecular weight excluding hydrogens is 320 g/mol. The second-order valence-electron chi connectivity index (χ2n) is 6.53. The number of hydrogen-bond acceptors (Lipinski definition) is 4. The minimum absolute atomic E-state index is 0.00175. The third kappa shape index (κ3) is 3.06. The Morgan fingerprint density at radius 2 is 2.12 bits per heavy atom. The summed E-state index contributed by atoms with van der Waals surface area (Å²) in [4.78, 5) is 17.0. The molecule has 1 aromatic heterocycles. The fraction of sp³-hybridized carbons (Fsp3) is 0.421. The van der Waals surface area contributed by atoms with E-state index in [1.807, 2.05) is 12.1 Å². The summed E-state index contributed by atoms with van der Waals surface area (Å²) in [6.07, 6.45) is 3.47. The Morgan fingerprint density at radius 3 is 2.88 bits per heavy atom. The first-order valence-electron chi connectivity index (χ1n) is 8.58. The van der Waals surface area contributed by atoms with Crippen LogP contribution < -0.4 is 10.2 Å². The van der Waals surface area contributed by atoms with E-state index in [4.69, 9.17) is 4.74 Å². The van der Waals surface area contributed by atoms with Crippen LogP contribution in [-0.4, -0.2) is 31.7 Å². The first-order chi connectivity index (χ1) is 11.7. The minimum atomic E-state index is 0.00175. The highest BCUT2D eigenvalue weighted by Crippen LogP contribution is 2.31. The molecule has 1 amide bonds. The molecule has 0 radical (unpaired) electrons. The van der Waals surface area contributed by atoms with E-state index >= 15 is 0 Å². The number of aryl methyl sites for hydroxylation is 2. The zero-order chi connectivity index (χ0) is 16.5. The molecule has 1 aromatic carbocycles. The van der Waals surface area contributed by atoms with Gasteiger partial charge in [0.1, 0.15) is 0 Å². The summed E-state index contributed by atoms with van der Waals surface area (Å²) in [5, 5.41) is 3.02. The van der Waals surface area contributed by atoms with E-state index in [0.29, 0.717) is 6.04 Å². The normalized spacial score (nSPS) is 20.0. The smallest absolute Gasteiger partial charge is 0.265 e. The van der Waals surface area contributed by atoms with Crippen molar-refractivity contribution in [2.24, 2.45) is 0 Å². The number of anilines is 2. The van der Waals surface area contributed by atoms with Crippen LogP contribution in [0.15, 0.2) is 30.3 Å². The molecule has 1 atom stereocenters. The summed E-state index contributed by atoms with van der Waals surface area (Å²) in [5.41, 5.74) is 3.39. The number of amides is 1. The minimum Gasteiger partial charge on any atom is -0.377 e. The maximum atomic E-state index is 12.4. The van der Waals surface area contributed by atoms with Crippen LogP contribution in [0.1, 0.15) is 33.5 Å². The van der Waals surface area contributed by atoms with Gasteiger partial charge in [0, 0.05) is 28.8 Å². The van der Waals surface area contributed by atoms with Crippen molar-refractivity contribution in [2.75, 3.05) is 30.0 Å². The summed E-state index contributed by atoms with van der Waals surface area (Å²) < 4.78 is 5.49. The molecule has 1 aliphatic heterocycles. The average molecular weight is 342 g/mol. The quantitative estimate of drug-likeness (QED) is 0.924. The van der Waals surface area contributed by atoms with Crippen LogP contribution in [0, 0.1) is 0 Å². The van der Waals surface area contributed by atoms with Gasteiger partial charge in [0.2, 0.25) is 0 Å². The molecule has 5 heteroatoms. The molecule has 24 heavy (non-hydrogen) atoms. The molecule has 1 unspecified atom stereocenters. The van der Waals surface area contributed by atoms with E-state index in [0.717, 1.165) is 43.2 Å². The number of hydrogen-bond donors (Lipinski definition) is 1. The fourth-order valence-electron chi connectivity index (χ4n) is 3.48. The zero-order valence-electron chi connectivity index (χ0n) is 13.9. The van der Waals surface area contributed by atoms with Crippen molar-refractivity contribution in [3.05, 3.63) is 45.6 Å². The van der Waals surface area contributed by atoms with Crippen molar-refractivity contribution in [1.82, 2.24) is 0 Å². The summed E-state index contributed by atoms with van der Waals surface area (Å²) in [5.74, 6) is 0.00175. The Labute approximate surface area is 146 Å². The van der Waals surface area contributed by atoms with E-state index in [9.17, 15) is 4.79 Å². The average Bonchev–Trinajstić information content (AvgIpc) is 3.18. The molecule has 2 heterocycles. The third-order valence-corrected chi connectivity index (χ3v) is 6.03. The highest BCUT2D eigenvalue weighted by molar-refractivity contribution is 7.14. The second-order valence-corrected chi connectivity index (χ2v) is 7.67. The van der Waals surface area contributed by atoms with Crippen LogP contribution in [0.4, 0.5) is 11.4 Å². The standard InChI is InChI=1S/C19H22N2O2S/c1-13-12-23-10-9-21(13)16-7-5-15(6-8-16)20-19(22)18-11-14-3-2-4-17(14)24-18/h5-8,11,13H,2-4,9-10,12H2,1H3,(H,20,22). The van der Waals surface area contributed by atoms with Gasteiger partial charge >= 0.3 is 0 Å². The Morgan fingerprint density at radius 1 is 1.29 bits per heavy atom. The molecule has 1 aliphatic carbocycles. The highest BCUT2D eigenvalue weighted by Gasteiger charge is 2.20. The number of nitrogens with zero attached hydrogens (tertiary/aromatic N) is 1. The lowest BCUT2D eigenvalue weighted by molar-refractivity contribution is 0.0989. The van der Waals surface area contributed by atoms with Gasteiger partial charge in [0.15, 0.2) is 0 Å². The molecule has 0 bridgehead atoms. The van der Waals surface area contributed by atoms with Gasteiger partial charge < -0.3 is 15.0 Å². The van der Waals surface area contributed by atoms with Gasteiger partial charge in [-0.1, -0.05) is 0 Å². The number of thiophene rings is 1. The van der Waals surface area contributed by atoms with Crippen LogP contribution in [0.3, 0.4) is 0 Å². The predicted octanol–water partition coefficient (Wildman–Crippen LogP) is 3.71. The maximum absolute atomic E-state index is 12.4. The lowest BCUT2D eigenvalue weighted by atomic mass is 10.2. The van der Waals surface area contributed by atoms with E-state index in [1.54, 1.807) is 11.3 Å². The third-order valence-electron chi connectivity index (χ3n) is 4.79. The molecule has 126 valence electrons. The summed E-state index contributed by atoms with van der Waals surface area (Å²) >= 11 is 1.64. The van der Waals surface area contributed by atoms with E-state index < -0.39 is 0 Å². The van der Waals surface area contributed by atoms with Crippen molar-refractivity contribution < 1.29 is 9.53 Å². The first kappa shape index (κ1) is 15.7. The summed E-state index contributed by atoms with van der Waals surface area (Å²) in [6, 6.07) is 10.6. The van der Waals surface area contributed by atoms with Crippen LogP contribution in [0.5, 0.6) is 0 Å². The van der Waals surface area contributed by atoms with Gasteiger partial charge in [-0.15, -0.1) is 11.3 Å². The Bertz CT molecular complexity index is 717. The van der Waals surface area contributed by atoms with E-state index in [2.05, 4.69) is 35.3 Å². The van der Waals surface area contributed by atoms with Crippen molar-refractivity contribution in [1.29, 1.82) is 0 Å².